The molecule has 5 heteroatoms. The monoisotopic (exact) mass is 361 g/mol. The first-order valence-corrected chi connectivity index (χ1v) is 8.84. The summed E-state index contributed by atoms with van der Waals surface area (Å²) >= 11 is 0. The smallest absolute Gasteiger partial charge is 0.274 e. The molecule has 1 amide bonds. The fourth-order valence-electron chi connectivity index (χ4n) is 2.65. The molecule has 0 aliphatic carbocycles. The number of hydrogen-bond acceptors (Lipinski definition) is 4. The van der Waals surface area contributed by atoms with Gasteiger partial charge < -0.3 is 15.4 Å². The van der Waals surface area contributed by atoms with Gasteiger partial charge in [0.1, 0.15) is 11.4 Å². The standard InChI is InChI=1S/C22H23N3O2/c1-15(2)16-8-10-17(11-9-16)24-18-12-13-20(23-14-18)22(26)25-19-6-4-5-7-21(19)27-3/h4-15,24H,1-3H3,(H,25,26). The van der Waals surface area contributed by atoms with E-state index in [0.717, 1.165) is 11.4 Å². The van der Waals surface area contributed by atoms with Crippen molar-refractivity contribution in [2.75, 3.05) is 17.7 Å². The Kier molecular flexibility index (Phi) is 5.71. The van der Waals surface area contributed by atoms with Crippen LogP contribution in [0.3, 0.4) is 0 Å². The molecule has 27 heavy (non-hydrogen) atoms. The molecule has 0 unspecified atom stereocenters. The molecular weight excluding hydrogens is 338 g/mol. The van der Waals surface area contributed by atoms with Crippen molar-refractivity contribution in [1.82, 2.24) is 4.98 Å². The van der Waals surface area contributed by atoms with E-state index < -0.39 is 0 Å². The molecular formula is C22H23N3O2. The van der Waals surface area contributed by atoms with Gasteiger partial charge in [0.15, 0.2) is 0 Å². The molecule has 1 aromatic heterocycles. The average molecular weight is 361 g/mol. The van der Waals surface area contributed by atoms with Crippen LogP contribution in [0.25, 0.3) is 0 Å². The third-order valence-electron chi connectivity index (χ3n) is 4.22. The highest BCUT2D eigenvalue weighted by Gasteiger charge is 2.10. The minimum absolute atomic E-state index is 0.285. The van der Waals surface area contributed by atoms with Crippen LogP contribution < -0.4 is 15.4 Å². The molecule has 0 spiro atoms. The molecule has 0 atom stereocenters. The summed E-state index contributed by atoms with van der Waals surface area (Å²) in [6, 6.07) is 19.1. The van der Waals surface area contributed by atoms with Gasteiger partial charge >= 0.3 is 0 Å². The Bertz CT molecular complexity index is 904. The van der Waals surface area contributed by atoms with Crippen LogP contribution >= 0.6 is 0 Å². The predicted octanol–water partition coefficient (Wildman–Crippen LogP) is 5.21. The van der Waals surface area contributed by atoms with Crippen LogP contribution in [-0.4, -0.2) is 18.0 Å². The van der Waals surface area contributed by atoms with Gasteiger partial charge in [0, 0.05) is 5.69 Å². The molecule has 5 nitrogen and oxygen atoms in total. The maximum Gasteiger partial charge on any atom is 0.274 e. The number of para-hydroxylation sites is 2. The molecule has 2 N–H and O–H groups in total. The van der Waals surface area contributed by atoms with E-state index in [0.29, 0.717) is 23.0 Å². The molecule has 138 valence electrons. The molecule has 2 aromatic carbocycles. The minimum atomic E-state index is -0.285. The van der Waals surface area contributed by atoms with E-state index in [1.54, 1.807) is 31.5 Å². The van der Waals surface area contributed by atoms with E-state index in [4.69, 9.17) is 4.74 Å². The van der Waals surface area contributed by atoms with Crippen LogP contribution in [-0.2, 0) is 0 Å². The molecule has 0 saturated carbocycles. The number of methoxy groups -OCH3 is 1. The molecule has 0 radical (unpaired) electrons. The van der Waals surface area contributed by atoms with Gasteiger partial charge in [-0.05, 0) is 47.9 Å². The van der Waals surface area contributed by atoms with E-state index >= 15 is 0 Å². The quantitative estimate of drug-likeness (QED) is 0.633. The van der Waals surface area contributed by atoms with Gasteiger partial charge in [0.05, 0.1) is 24.7 Å². The van der Waals surface area contributed by atoms with E-state index in [9.17, 15) is 4.79 Å². The number of nitrogens with zero attached hydrogens (tertiary/aromatic N) is 1. The summed E-state index contributed by atoms with van der Waals surface area (Å²) in [6.07, 6.45) is 1.65. The van der Waals surface area contributed by atoms with Crippen LogP contribution in [0.4, 0.5) is 17.1 Å². The van der Waals surface area contributed by atoms with Crippen molar-refractivity contribution in [3.63, 3.8) is 0 Å². The zero-order valence-corrected chi connectivity index (χ0v) is 15.7. The first-order valence-electron chi connectivity index (χ1n) is 8.84. The van der Waals surface area contributed by atoms with Crippen molar-refractivity contribution in [2.24, 2.45) is 0 Å². The normalized spacial score (nSPS) is 10.5. The van der Waals surface area contributed by atoms with Crippen LogP contribution in [0.15, 0.2) is 66.9 Å². The van der Waals surface area contributed by atoms with Gasteiger partial charge in [-0.1, -0.05) is 38.1 Å². The third-order valence-corrected chi connectivity index (χ3v) is 4.22. The average Bonchev–Trinajstić information content (AvgIpc) is 2.69. The Morgan fingerprint density at radius 3 is 2.30 bits per heavy atom. The lowest BCUT2D eigenvalue weighted by atomic mass is 10.0. The summed E-state index contributed by atoms with van der Waals surface area (Å²) in [5.74, 6) is 0.822. The number of benzene rings is 2. The number of ether oxygens (including phenoxy) is 1. The topological polar surface area (TPSA) is 63.2 Å². The predicted molar refractivity (Wildman–Crippen MR) is 109 cm³/mol. The molecule has 1 heterocycles. The zero-order valence-electron chi connectivity index (χ0n) is 15.7. The van der Waals surface area contributed by atoms with Crippen LogP contribution in [0.1, 0.15) is 35.8 Å². The number of pyridine rings is 1. The van der Waals surface area contributed by atoms with Crippen LogP contribution in [0.5, 0.6) is 5.75 Å². The maximum atomic E-state index is 12.4. The minimum Gasteiger partial charge on any atom is -0.495 e. The van der Waals surface area contributed by atoms with Gasteiger partial charge in [0.25, 0.3) is 5.91 Å². The lowest BCUT2D eigenvalue weighted by Crippen LogP contribution is -2.14. The summed E-state index contributed by atoms with van der Waals surface area (Å²) < 4.78 is 5.25. The van der Waals surface area contributed by atoms with E-state index in [1.165, 1.54) is 5.56 Å². The lowest BCUT2D eigenvalue weighted by molar-refractivity contribution is 0.102. The van der Waals surface area contributed by atoms with Crippen molar-refractivity contribution >= 4 is 23.0 Å². The molecule has 0 bridgehead atoms. The van der Waals surface area contributed by atoms with Crippen LogP contribution in [0.2, 0.25) is 0 Å². The number of hydrogen-bond donors (Lipinski definition) is 2. The van der Waals surface area contributed by atoms with Crippen molar-refractivity contribution < 1.29 is 9.53 Å². The largest absolute Gasteiger partial charge is 0.495 e. The first kappa shape index (κ1) is 18.5. The van der Waals surface area contributed by atoms with Gasteiger partial charge in [-0.2, -0.15) is 0 Å². The highest BCUT2D eigenvalue weighted by Crippen LogP contribution is 2.24. The van der Waals surface area contributed by atoms with Gasteiger partial charge in [-0.3, -0.25) is 4.79 Å². The summed E-state index contributed by atoms with van der Waals surface area (Å²) in [6.45, 7) is 4.34. The number of rotatable bonds is 6. The Labute approximate surface area is 159 Å². The maximum absolute atomic E-state index is 12.4. The molecule has 0 aliphatic rings. The van der Waals surface area contributed by atoms with Crippen LogP contribution in [0, 0.1) is 0 Å². The van der Waals surface area contributed by atoms with E-state index in [-0.39, 0.29) is 5.91 Å². The molecule has 0 aliphatic heterocycles. The Morgan fingerprint density at radius 1 is 0.963 bits per heavy atom. The second-order valence-corrected chi connectivity index (χ2v) is 6.49. The van der Waals surface area contributed by atoms with Gasteiger partial charge in [-0.25, -0.2) is 4.98 Å². The molecule has 0 saturated heterocycles. The second kappa shape index (κ2) is 8.36. The number of carbonyl (C=O) groups excluding carboxylic acids is 1. The lowest BCUT2D eigenvalue weighted by Gasteiger charge is -2.11. The van der Waals surface area contributed by atoms with Gasteiger partial charge in [0.2, 0.25) is 0 Å². The number of aromatic nitrogens is 1. The Morgan fingerprint density at radius 2 is 1.67 bits per heavy atom. The second-order valence-electron chi connectivity index (χ2n) is 6.49. The Balaban J connectivity index is 1.66. The third kappa shape index (κ3) is 4.64. The number of anilines is 3. The van der Waals surface area contributed by atoms with Crippen molar-refractivity contribution in [2.45, 2.75) is 19.8 Å². The first-order chi connectivity index (χ1) is 13.1. The highest BCUT2D eigenvalue weighted by molar-refractivity contribution is 6.03. The van der Waals surface area contributed by atoms with Crippen molar-refractivity contribution in [1.29, 1.82) is 0 Å². The fraction of sp³-hybridized carbons (Fsp3) is 0.182. The SMILES string of the molecule is COc1ccccc1NC(=O)c1ccc(Nc2ccc(C(C)C)cc2)cn1. The summed E-state index contributed by atoms with van der Waals surface area (Å²) in [5, 5.41) is 6.11. The van der Waals surface area contributed by atoms with E-state index in [2.05, 4.69) is 41.6 Å². The number of amides is 1. The number of nitrogens with one attached hydrogen (secondary N) is 2. The number of carbonyl (C=O) groups is 1. The Hall–Kier alpha value is -3.34. The van der Waals surface area contributed by atoms with Crippen molar-refractivity contribution in [3.05, 3.63) is 78.1 Å². The van der Waals surface area contributed by atoms with Gasteiger partial charge in [-0.15, -0.1) is 0 Å². The summed E-state index contributed by atoms with van der Waals surface area (Å²) in [7, 11) is 1.57. The molecule has 3 rings (SSSR count). The molecule has 0 fully saturated rings. The molecule has 3 aromatic rings. The van der Waals surface area contributed by atoms with Crippen molar-refractivity contribution in [3.8, 4) is 5.75 Å². The summed E-state index contributed by atoms with van der Waals surface area (Å²) in [4.78, 5) is 16.7. The van der Waals surface area contributed by atoms with E-state index in [1.807, 2.05) is 30.3 Å². The highest BCUT2D eigenvalue weighted by atomic mass is 16.5. The summed E-state index contributed by atoms with van der Waals surface area (Å²) in [5.41, 5.74) is 4.04. The zero-order chi connectivity index (χ0) is 19.2. The fourth-order valence-corrected chi connectivity index (χ4v) is 2.65.